The molecule has 0 aliphatic carbocycles. The van der Waals surface area contributed by atoms with Crippen LogP contribution >= 0.6 is 22.7 Å². The predicted molar refractivity (Wildman–Crippen MR) is 135 cm³/mol. The fourth-order valence-corrected chi connectivity index (χ4v) is 5.75. The lowest BCUT2D eigenvalue weighted by Gasteiger charge is -2.10. The number of imidazole rings is 2. The molecular formula is C23H12N10S2. The largest absolute Gasteiger partial charge is 0.274 e. The first-order chi connectivity index (χ1) is 17.3. The maximum atomic E-state index is 4.98. The molecule has 8 heterocycles. The van der Waals surface area contributed by atoms with E-state index in [4.69, 9.17) is 19.9 Å². The van der Waals surface area contributed by atoms with E-state index in [0.717, 1.165) is 42.5 Å². The van der Waals surface area contributed by atoms with Crippen LogP contribution in [0.25, 0.3) is 60.3 Å². The number of aromatic nitrogens is 10. The third-order valence-electron chi connectivity index (χ3n) is 5.81. The molecule has 0 unspecified atom stereocenters. The van der Waals surface area contributed by atoms with Gasteiger partial charge in [0.2, 0.25) is 17.8 Å². The Morgan fingerprint density at radius 1 is 0.600 bits per heavy atom. The van der Waals surface area contributed by atoms with E-state index >= 15 is 0 Å². The summed E-state index contributed by atoms with van der Waals surface area (Å²) < 4.78 is 7.70. The van der Waals surface area contributed by atoms with E-state index < -0.39 is 0 Å². The SMILES string of the molecule is c1cn(-c2nc(-n3ccnc3)nc(-n3c4cc5sccc5nc4c4nc5ccsc5cc43)n2)cn1. The fraction of sp³-hybridized carbons (Fsp3) is 0. The summed E-state index contributed by atoms with van der Waals surface area (Å²) in [6.07, 6.45) is 10.3. The summed E-state index contributed by atoms with van der Waals surface area (Å²) in [7, 11) is 0. The lowest BCUT2D eigenvalue weighted by atomic mass is 10.3. The zero-order valence-corrected chi connectivity index (χ0v) is 19.3. The molecule has 0 aliphatic heterocycles. The van der Waals surface area contributed by atoms with Crippen molar-refractivity contribution in [3.8, 4) is 17.8 Å². The summed E-state index contributed by atoms with van der Waals surface area (Å²) >= 11 is 3.30. The van der Waals surface area contributed by atoms with Crippen LogP contribution in [0.3, 0.4) is 0 Å². The summed E-state index contributed by atoms with van der Waals surface area (Å²) in [6, 6.07) is 8.33. The molecular weight excluding hydrogens is 480 g/mol. The Hall–Kier alpha value is -4.55. The molecule has 0 radical (unpaired) electrons. The number of fused-ring (bicyclic) bond motifs is 5. The number of hydrogen-bond acceptors (Lipinski definition) is 9. The van der Waals surface area contributed by atoms with E-state index in [1.165, 1.54) is 0 Å². The Labute approximate surface area is 203 Å². The van der Waals surface area contributed by atoms with Gasteiger partial charge >= 0.3 is 0 Å². The van der Waals surface area contributed by atoms with E-state index in [-0.39, 0.29) is 0 Å². The first-order valence-electron chi connectivity index (χ1n) is 10.6. The molecule has 0 fully saturated rings. The molecule has 10 nitrogen and oxygen atoms in total. The molecule has 35 heavy (non-hydrogen) atoms. The van der Waals surface area contributed by atoms with Gasteiger partial charge in [-0.25, -0.2) is 19.9 Å². The smallest absolute Gasteiger partial charge is 0.241 e. The summed E-state index contributed by atoms with van der Waals surface area (Å²) in [5.74, 6) is 1.35. The fourth-order valence-electron chi connectivity index (χ4n) is 4.23. The topological polar surface area (TPSA) is 105 Å². The van der Waals surface area contributed by atoms with Crippen LogP contribution in [0, 0.1) is 0 Å². The van der Waals surface area contributed by atoms with Crippen LogP contribution in [-0.4, -0.2) is 48.6 Å². The highest BCUT2D eigenvalue weighted by Gasteiger charge is 2.21. The van der Waals surface area contributed by atoms with Crippen molar-refractivity contribution in [2.24, 2.45) is 0 Å². The molecule has 0 atom stereocenters. The van der Waals surface area contributed by atoms with Crippen molar-refractivity contribution in [2.75, 3.05) is 0 Å². The molecule has 0 saturated carbocycles. The van der Waals surface area contributed by atoms with Crippen LogP contribution in [-0.2, 0) is 0 Å². The van der Waals surface area contributed by atoms with Gasteiger partial charge in [0.05, 0.1) is 31.5 Å². The monoisotopic (exact) mass is 492 g/mol. The lowest BCUT2D eigenvalue weighted by molar-refractivity contribution is 0.810. The quantitative estimate of drug-likeness (QED) is 0.356. The van der Waals surface area contributed by atoms with Crippen molar-refractivity contribution in [1.29, 1.82) is 0 Å². The van der Waals surface area contributed by atoms with Crippen molar-refractivity contribution in [1.82, 2.24) is 48.6 Å². The van der Waals surface area contributed by atoms with Crippen molar-refractivity contribution >= 4 is 65.2 Å². The van der Waals surface area contributed by atoms with Gasteiger partial charge in [0.1, 0.15) is 23.7 Å². The number of thiophene rings is 2. The van der Waals surface area contributed by atoms with Gasteiger partial charge in [-0.1, -0.05) is 0 Å². The molecule has 166 valence electrons. The summed E-state index contributed by atoms with van der Waals surface area (Å²) in [4.78, 5) is 32.6. The van der Waals surface area contributed by atoms with Gasteiger partial charge in [0.15, 0.2) is 0 Å². The second-order valence-electron chi connectivity index (χ2n) is 7.83. The summed E-state index contributed by atoms with van der Waals surface area (Å²) in [6.45, 7) is 0. The molecule has 8 aromatic heterocycles. The van der Waals surface area contributed by atoms with Gasteiger partial charge in [-0.15, -0.1) is 22.7 Å². The second kappa shape index (κ2) is 6.98. The molecule has 0 saturated heterocycles. The zero-order valence-electron chi connectivity index (χ0n) is 17.7. The molecule has 0 aromatic carbocycles. The van der Waals surface area contributed by atoms with Gasteiger partial charge in [-0.2, -0.15) is 15.0 Å². The highest BCUT2D eigenvalue weighted by atomic mass is 32.1. The third-order valence-corrected chi connectivity index (χ3v) is 7.52. The standard InChI is InChI=1S/C23H12N10S2/c1-7-34-17-9-15-19(26-13(1)17)20-16(10-18-14(27-20)2-8-35-18)33(15)23-29-21(31-5-3-24-11-31)28-22(30-23)32-6-4-25-12-32/h1-12H. The van der Waals surface area contributed by atoms with Crippen molar-refractivity contribution < 1.29 is 0 Å². The van der Waals surface area contributed by atoms with Gasteiger partial charge in [0.25, 0.3) is 0 Å². The molecule has 8 rings (SSSR count). The van der Waals surface area contributed by atoms with Crippen LogP contribution < -0.4 is 0 Å². The number of pyridine rings is 2. The molecule has 0 aliphatic rings. The Kier molecular flexibility index (Phi) is 3.75. The second-order valence-corrected chi connectivity index (χ2v) is 9.73. The van der Waals surface area contributed by atoms with Gasteiger partial charge in [-0.05, 0) is 35.0 Å². The highest BCUT2D eigenvalue weighted by Crippen LogP contribution is 2.35. The van der Waals surface area contributed by atoms with Crippen LogP contribution in [0.5, 0.6) is 0 Å². The maximum absolute atomic E-state index is 4.98. The Balaban J connectivity index is 1.52. The van der Waals surface area contributed by atoms with E-state index in [0.29, 0.717) is 17.8 Å². The van der Waals surface area contributed by atoms with Crippen molar-refractivity contribution in [2.45, 2.75) is 0 Å². The van der Waals surface area contributed by atoms with Crippen LogP contribution in [0.4, 0.5) is 0 Å². The van der Waals surface area contributed by atoms with E-state index in [1.54, 1.807) is 69.2 Å². The van der Waals surface area contributed by atoms with Gasteiger partial charge in [-0.3, -0.25) is 13.7 Å². The average molecular weight is 493 g/mol. The van der Waals surface area contributed by atoms with Crippen LogP contribution in [0.15, 0.2) is 72.5 Å². The minimum absolute atomic E-state index is 0.446. The minimum Gasteiger partial charge on any atom is -0.274 e. The molecule has 0 N–H and O–H groups in total. The van der Waals surface area contributed by atoms with E-state index in [9.17, 15) is 0 Å². The first-order valence-corrected chi connectivity index (χ1v) is 12.4. The third kappa shape index (κ3) is 2.77. The Bertz CT molecular complexity index is 1870. The molecule has 8 aromatic rings. The van der Waals surface area contributed by atoms with Crippen LogP contribution in [0.2, 0.25) is 0 Å². The Morgan fingerprint density at radius 3 is 1.60 bits per heavy atom. The summed E-state index contributed by atoms with van der Waals surface area (Å²) in [5.41, 5.74) is 5.30. The van der Waals surface area contributed by atoms with Crippen LogP contribution in [0.1, 0.15) is 0 Å². The summed E-state index contributed by atoms with van der Waals surface area (Å²) in [5, 5.41) is 4.09. The number of nitrogens with zero attached hydrogens (tertiary/aromatic N) is 10. The lowest BCUT2D eigenvalue weighted by Crippen LogP contribution is -2.12. The number of hydrogen-bond donors (Lipinski definition) is 0. The highest BCUT2D eigenvalue weighted by molar-refractivity contribution is 7.17. The molecule has 12 heteroatoms. The molecule has 0 amide bonds. The Morgan fingerprint density at radius 2 is 1.11 bits per heavy atom. The predicted octanol–water partition coefficient (Wildman–Crippen LogP) is 4.56. The number of rotatable bonds is 3. The van der Waals surface area contributed by atoms with Gasteiger partial charge in [0, 0.05) is 24.8 Å². The normalized spacial score (nSPS) is 12.0. The first kappa shape index (κ1) is 18.8. The van der Waals surface area contributed by atoms with E-state index in [2.05, 4.69) is 27.1 Å². The molecule has 0 spiro atoms. The average Bonchev–Trinajstić information content (AvgIpc) is 3.71. The van der Waals surface area contributed by atoms with Gasteiger partial charge < -0.3 is 0 Å². The molecule has 0 bridgehead atoms. The van der Waals surface area contributed by atoms with E-state index in [1.807, 2.05) is 27.5 Å². The maximum Gasteiger partial charge on any atom is 0.241 e. The van der Waals surface area contributed by atoms with Crippen molar-refractivity contribution in [3.63, 3.8) is 0 Å². The van der Waals surface area contributed by atoms with Crippen molar-refractivity contribution in [3.05, 3.63) is 72.5 Å². The zero-order chi connectivity index (χ0) is 22.9. The minimum atomic E-state index is 0.446.